The minimum absolute atomic E-state index is 0.0855. The monoisotopic (exact) mass is 410 g/mol. The number of carbonyl (C=O) groups is 1. The molecule has 0 saturated carbocycles. The molecule has 0 aliphatic rings. The summed E-state index contributed by atoms with van der Waals surface area (Å²) in [6, 6.07) is 21.8. The summed E-state index contributed by atoms with van der Waals surface area (Å²) < 4.78 is 27.0. The first kappa shape index (κ1) is 20.4. The number of rotatable bonds is 7. The zero-order chi connectivity index (χ0) is 20.9. The van der Waals surface area contributed by atoms with Crippen molar-refractivity contribution in [1.82, 2.24) is 0 Å². The molecule has 0 aromatic heterocycles. The number of phenolic OH excluding ortho intramolecular Hbond substituents is 1. The van der Waals surface area contributed by atoms with Gasteiger partial charge in [0.05, 0.1) is 10.6 Å². The summed E-state index contributed by atoms with van der Waals surface area (Å²) in [5, 5.41) is 12.5. The van der Waals surface area contributed by atoms with Crippen molar-refractivity contribution in [2.45, 2.75) is 17.7 Å². The third-order valence-electron chi connectivity index (χ3n) is 4.51. The molecule has 2 N–H and O–H groups in total. The van der Waals surface area contributed by atoms with Gasteiger partial charge in [0.2, 0.25) is 5.91 Å². The fraction of sp³-hybridized carbons (Fsp3) is 0.136. The molecule has 0 saturated heterocycles. The highest BCUT2D eigenvalue weighted by Crippen LogP contribution is 2.24. The van der Waals surface area contributed by atoms with Crippen molar-refractivity contribution in [3.05, 3.63) is 84.4 Å². The third kappa shape index (κ3) is 4.94. The van der Waals surface area contributed by atoms with Crippen molar-refractivity contribution in [3.8, 4) is 5.75 Å². The molecule has 7 heteroatoms. The van der Waals surface area contributed by atoms with Crippen LogP contribution >= 0.6 is 0 Å². The van der Waals surface area contributed by atoms with Gasteiger partial charge in [0, 0.05) is 19.2 Å². The zero-order valence-corrected chi connectivity index (χ0v) is 16.8. The van der Waals surface area contributed by atoms with Crippen LogP contribution in [0.15, 0.2) is 83.8 Å². The Bertz CT molecular complexity index is 1100. The molecule has 0 aliphatic heterocycles. The summed E-state index contributed by atoms with van der Waals surface area (Å²) in [5.74, 6) is -0.114. The maximum Gasteiger partial charge on any atom is 0.264 e. The number of aryl methyl sites for hydroxylation is 1. The van der Waals surface area contributed by atoms with E-state index in [4.69, 9.17) is 0 Å². The predicted molar refractivity (Wildman–Crippen MR) is 114 cm³/mol. The van der Waals surface area contributed by atoms with E-state index in [9.17, 15) is 18.3 Å². The average molecular weight is 410 g/mol. The van der Waals surface area contributed by atoms with Crippen molar-refractivity contribution in [3.63, 3.8) is 0 Å². The lowest BCUT2D eigenvalue weighted by Gasteiger charge is -2.19. The van der Waals surface area contributed by atoms with E-state index in [1.54, 1.807) is 60.7 Å². The Morgan fingerprint density at radius 2 is 1.66 bits per heavy atom. The molecular formula is C22H22N2O4S. The smallest absolute Gasteiger partial charge is 0.264 e. The first-order valence-electron chi connectivity index (χ1n) is 9.09. The average Bonchev–Trinajstić information content (AvgIpc) is 2.73. The number of nitrogens with zero attached hydrogens (tertiary/aromatic N) is 1. The number of amides is 1. The Hall–Kier alpha value is -3.32. The van der Waals surface area contributed by atoms with Crippen molar-refractivity contribution >= 4 is 27.3 Å². The van der Waals surface area contributed by atoms with E-state index in [2.05, 4.69) is 5.32 Å². The minimum atomic E-state index is -3.76. The third-order valence-corrected chi connectivity index (χ3v) is 6.29. The van der Waals surface area contributed by atoms with E-state index >= 15 is 0 Å². The first-order valence-corrected chi connectivity index (χ1v) is 10.5. The van der Waals surface area contributed by atoms with Gasteiger partial charge in [-0.05, 0) is 48.4 Å². The van der Waals surface area contributed by atoms with Crippen LogP contribution in [0.3, 0.4) is 0 Å². The maximum atomic E-state index is 12.9. The molecule has 29 heavy (non-hydrogen) atoms. The fourth-order valence-electron chi connectivity index (χ4n) is 2.86. The van der Waals surface area contributed by atoms with Gasteiger partial charge in [-0.25, -0.2) is 8.42 Å². The molecule has 0 heterocycles. The Morgan fingerprint density at radius 1 is 0.966 bits per heavy atom. The molecule has 0 spiro atoms. The van der Waals surface area contributed by atoms with Crippen LogP contribution in [-0.4, -0.2) is 26.5 Å². The van der Waals surface area contributed by atoms with Crippen LogP contribution in [0.1, 0.15) is 12.0 Å². The van der Waals surface area contributed by atoms with Crippen LogP contribution in [0.25, 0.3) is 0 Å². The number of aromatic hydroxyl groups is 1. The summed E-state index contributed by atoms with van der Waals surface area (Å²) >= 11 is 0. The van der Waals surface area contributed by atoms with Crippen LogP contribution in [0.2, 0.25) is 0 Å². The molecule has 150 valence electrons. The second-order valence-electron chi connectivity index (χ2n) is 6.51. The Morgan fingerprint density at radius 3 is 2.38 bits per heavy atom. The summed E-state index contributed by atoms with van der Waals surface area (Å²) in [4.78, 5) is 12.3. The van der Waals surface area contributed by atoms with E-state index in [0.717, 1.165) is 0 Å². The summed E-state index contributed by atoms with van der Waals surface area (Å²) in [6.07, 6.45) is 0.547. The quantitative estimate of drug-likeness (QED) is 0.620. The minimum Gasteiger partial charge on any atom is -0.508 e. The largest absolute Gasteiger partial charge is 0.508 e. The highest BCUT2D eigenvalue weighted by molar-refractivity contribution is 7.92. The molecule has 0 radical (unpaired) electrons. The van der Waals surface area contributed by atoms with Gasteiger partial charge in [-0.2, -0.15) is 0 Å². The van der Waals surface area contributed by atoms with Crippen LogP contribution < -0.4 is 9.62 Å². The molecular weight excluding hydrogens is 388 g/mol. The number of nitrogens with one attached hydrogen (secondary N) is 1. The van der Waals surface area contributed by atoms with Gasteiger partial charge in [-0.3, -0.25) is 9.10 Å². The van der Waals surface area contributed by atoms with Crippen LogP contribution in [-0.2, 0) is 21.2 Å². The Kier molecular flexibility index (Phi) is 6.19. The van der Waals surface area contributed by atoms with Crippen LogP contribution in [0.4, 0.5) is 11.4 Å². The molecule has 3 rings (SSSR count). The SMILES string of the molecule is CN(c1ccccc1)S(=O)(=O)c1cccc(NC(=O)CCc2ccccc2O)c1. The predicted octanol–water partition coefficient (Wildman–Crippen LogP) is 3.79. The second-order valence-corrected chi connectivity index (χ2v) is 8.48. The lowest BCUT2D eigenvalue weighted by atomic mass is 10.1. The Balaban J connectivity index is 1.70. The van der Waals surface area contributed by atoms with Gasteiger partial charge in [0.25, 0.3) is 10.0 Å². The van der Waals surface area contributed by atoms with Crippen LogP contribution in [0, 0.1) is 0 Å². The molecule has 6 nitrogen and oxygen atoms in total. The number of carbonyl (C=O) groups excluding carboxylic acids is 1. The number of sulfonamides is 1. The van der Waals surface area contributed by atoms with Crippen LogP contribution in [0.5, 0.6) is 5.75 Å². The summed E-state index contributed by atoms with van der Waals surface area (Å²) in [7, 11) is -2.27. The van der Waals surface area contributed by atoms with Crippen molar-refractivity contribution in [1.29, 1.82) is 0 Å². The topological polar surface area (TPSA) is 86.7 Å². The molecule has 0 atom stereocenters. The molecule has 3 aromatic rings. The number of hydrogen-bond donors (Lipinski definition) is 2. The van der Waals surface area contributed by atoms with Crippen molar-refractivity contribution in [2.75, 3.05) is 16.7 Å². The molecule has 0 unspecified atom stereocenters. The molecule has 1 amide bonds. The van der Waals surface area contributed by atoms with Crippen molar-refractivity contribution < 1.29 is 18.3 Å². The zero-order valence-electron chi connectivity index (χ0n) is 15.9. The molecule has 3 aromatic carbocycles. The number of phenols is 1. The lowest BCUT2D eigenvalue weighted by Crippen LogP contribution is -2.26. The normalized spacial score (nSPS) is 11.1. The number of benzene rings is 3. The van der Waals surface area contributed by atoms with E-state index in [1.807, 2.05) is 6.07 Å². The van der Waals surface area contributed by atoms with E-state index in [1.165, 1.54) is 23.5 Å². The van der Waals surface area contributed by atoms with E-state index in [0.29, 0.717) is 23.4 Å². The summed E-state index contributed by atoms with van der Waals surface area (Å²) in [6.45, 7) is 0. The van der Waals surface area contributed by atoms with Gasteiger partial charge in [0.1, 0.15) is 5.75 Å². The number of para-hydroxylation sites is 2. The van der Waals surface area contributed by atoms with Gasteiger partial charge in [-0.15, -0.1) is 0 Å². The van der Waals surface area contributed by atoms with Gasteiger partial charge in [-0.1, -0.05) is 42.5 Å². The highest BCUT2D eigenvalue weighted by Gasteiger charge is 2.21. The van der Waals surface area contributed by atoms with Crippen molar-refractivity contribution in [2.24, 2.45) is 0 Å². The van der Waals surface area contributed by atoms with E-state index < -0.39 is 10.0 Å². The number of anilines is 2. The molecule has 0 fully saturated rings. The lowest BCUT2D eigenvalue weighted by molar-refractivity contribution is -0.116. The summed E-state index contributed by atoms with van der Waals surface area (Å²) in [5.41, 5.74) is 1.63. The standard InChI is InChI=1S/C22H22N2O4S/c1-24(19-10-3-2-4-11-19)29(27,28)20-12-7-9-18(16-20)23-22(26)15-14-17-8-5-6-13-21(17)25/h2-13,16,25H,14-15H2,1H3,(H,23,26). The number of hydrogen-bond acceptors (Lipinski definition) is 4. The first-order chi connectivity index (χ1) is 13.9. The molecule has 0 aliphatic carbocycles. The van der Waals surface area contributed by atoms with E-state index in [-0.39, 0.29) is 23.0 Å². The second kappa shape index (κ2) is 8.79. The fourth-order valence-corrected chi connectivity index (χ4v) is 4.10. The molecule has 0 bridgehead atoms. The highest BCUT2D eigenvalue weighted by atomic mass is 32.2. The van der Waals surface area contributed by atoms with Gasteiger partial charge >= 0.3 is 0 Å². The Labute approximate surface area is 170 Å². The van der Waals surface area contributed by atoms with Gasteiger partial charge in [0.15, 0.2) is 0 Å². The maximum absolute atomic E-state index is 12.9. The van der Waals surface area contributed by atoms with Gasteiger partial charge < -0.3 is 10.4 Å².